The van der Waals surface area contributed by atoms with Gasteiger partial charge >= 0.3 is 0 Å². The molecule has 0 aliphatic carbocycles. The van der Waals surface area contributed by atoms with Crippen molar-refractivity contribution in [3.05, 3.63) is 33.1 Å². The second kappa shape index (κ2) is 4.70. The summed E-state index contributed by atoms with van der Waals surface area (Å²) in [6.45, 7) is 8.48. The maximum Gasteiger partial charge on any atom is 0.196 e. The number of thiophene rings is 1. The van der Waals surface area contributed by atoms with Gasteiger partial charge in [0.25, 0.3) is 0 Å². The SMILES string of the molecule is C=C1CC(c2ccc(Br)s2)(C(C)C)N=C(N)N1C. The van der Waals surface area contributed by atoms with Crippen molar-refractivity contribution in [2.24, 2.45) is 16.6 Å². The summed E-state index contributed by atoms with van der Waals surface area (Å²) in [4.78, 5) is 7.88. The fourth-order valence-corrected chi connectivity index (χ4v) is 3.89. The lowest BCUT2D eigenvalue weighted by molar-refractivity contribution is 0.284. The van der Waals surface area contributed by atoms with E-state index >= 15 is 0 Å². The van der Waals surface area contributed by atoms with Crippen molar-refractivity contribution < 1.29 is 0 Å². The van der Waals surface area contributed by atoms with E-state index in [9.17, 15) is 0 Å². The maximum atomic E-state index is 6.03. The molecule has 0 spiro atoms. The van der Waals surface area contributed by atoms with Crippen LogP contribution in [0.3, 0.4) is 0 Å². The topological polar surface area (TPSA) is 41.6 Å². The lowest BCUT2D eigenvalue weighted by atomic mass is 9.80. The average molecular weight is 328 g/mol. The molecule has 1 aliphatic rings. The molecule has 1 unspecified atom stereocenters. The third kappa shape index (κ3) is 2.10. The van der Waals surface area contributed by atoms with Gasteiger partial charge in [-0.25, -0.2) is 4.99 Å². The second-order valence-electron chi connectivity index (χ2n) is 4.95. The van der Waals surface area contributed by atoms with Crippen LogP contribution in [-0.2, 0) is 5.54 Å². The fourth-order valence-electron chi connectivity index (χ4n) is 2.22. The Morgan fingerprint density at radius 2 is 2.22 bits per heavy atom. The van der Waals surface area contributed by atoms with Gasteiger partial charge in [0, 0.05) is 24.0 Å². The van der Waals surface area contributed by atoms with E-state index in [1.165, 1.54) is 4.88 Å². The monoisotopic (exact) mass is 327 g/mol. The van der Waals surface area contributed by atoms with E-state index < -0.39 is 0 Å². The smallest absolute Gasteiger partial charge is 0.196 e. The van der Waals surface area contributed by atoms with Crippen molar-refractivity contribution in [1.82, 2.24) is 4.90 Å². The largest absolute Gasteiger partial charge is 0.370 e. The minimum absolute atomic E-state index is 0.273. The molecule has 3 nitrogen and oxygen atoms in total. The van der Waals surface area contributed by atoms with Gasteiger partial charge in [0.15, 0.2) is 5.96 Å². The van der Waals surface area contributed by atoms with E-state index in [1.807, 2.05) is 11.9 Å². The first kappa shape index (κ1) is 13.6. The highest BCUT2D eigenvalue weighted by atomic mass is 79.9. The molecule has 1 atom stereocenters. The Morgan fingerprint density at radius 1 is 1.56 bits per heavy atom. The first-order chi connectivity index (χ1) is 8.36. The molecular formula is C13H18BrN3S. The number of hydrogen-bond acceptors (Lipinski definition) is 4. The minimum atomic E-state index is -0.273. The van der Waals surface area contributed by atoms with E-state index in [4.69, 9.17) is 10.7 Å². The van der Waals surface area contributed by atoms with Crippen LogP contribution in [-0.4, -0.2) is 17.9 Å². The fraction of sp³-hybridized carbons (Fsp3) is 0.462. The molecule has 5 heteroatoms. The van der Waals surface area contributed by atoms with Gasteiger partial charge < -0.3 is 10.6 Å². The number of rotatable bonds is 2. The predicted octanol–water partition coefficient (Wildman–Crippen LogP) is 3.53. The highest BCUT2D eigenvalue weighted by Gasteiger charge is 2.41. The van der Waals surface area contributed by atoms with Crippen LogP contribution in [0.5, 0.6) is 0 Å². The van der Waals surface area contributed by atoms with Gasteiger partial charge in [-0.3, -0.25) is 0 Å². The molecular weight excluding hydrogens is 310 g/mol. The Morgan fingerprint density at radius 3 is 2.67 bits per heavy atom. The van der Waals surface area contributed by atoms with Crippen molar-refractivity contribution in [3.8, 4) is 0 Å². The zero-order valence-corrected chi connectivity index (χ0v) is 13.3. The van der Waals surface area contributed by atoms with E-state index in [1.54, 1.807) is 11.3 Å². The van der Waals surface area contributed by atoms with E-state index in [0.717, 1.165) is 15.9 Å². The predicted molar refractivity (Wildman–Crippen MR) is 81.7 cm³/mol. The molecule has 0 fully saturated rings. The van der Waals surface area contributed by atoms with Gasteiger partial charge in [0.1, 0.15) is 5.54 Å². The van der Waals surface area contributed by atoms with Crippen LogP contribution in [0.25, 0.3) is 0 Å². The Bertz CT molecular complexity index is 506. The summed E-state index contributed by atoms with van der Waals surface area (Å²) in [7, 11) is 1.91. The molecule has 98 valence electrons. The van der Waals surface area contributed by atoms with Gasteiger partial charge in [-0.05, 0) is 34.0 Å². The molecule has 18 heavy (non-hydrogen) atoms. The highest BCUT2D eigenvalue weighted by Crippen LogP contribution is 2.45. The number of halogens is 1. The number of guanidine groups is 1. The van der Waals surface area contributed by atoms with Crippen molar-refractivity contribution in [1.29, 1.82) is 0 Å². The molecule has 2 N–H and O–H groups in total. The van der Waals surface area contributed by atoms with Crippen LogP contribution >= 0.6 is 27.3 Å². The van der Waals surface area contributed by atoms with Gasteiger partial charge in [0.2, 0.25) is 0 Å². The van der Waals surface area contributed by atoms with Gasteiger partial charge in [0.05, 0.1) is 3.79 Å². The van der Waals surface area contributed by atoms with Crippen molar-refractivity contribution in [2.75, 3.05) is 7.05 Å². The summed E-state index contributed by atoms with van der Waals surface area (Å²) in [5.41, 5.74) is 6.78. The van der Waals surface area contributed by atoms with Crippen LogP contribution in [0.15, 0.2) is 33.2 Å². The zero-order chi connectivity index (χ0) is 13.5. The van der Waals surface area contributed by atoms with Crippen LogP contribution in [0, 0.1) is 5.92 Å². The number of nitrogens with two attached hydrogens (primary N) is 1. The molecule has 2 heterocycles. The lowest BCUT2D eigenvalue weighted by Gasteiger charge is -2.40. The molecule has 0 bridgehead atoms. The number of nitrogens with zero attached hydrogens (tertiary/aromatic N) is 2. The quantitative estimate of drug-likeness (QED) is 0.902. The van der Waals surface area contributed by atoms with E-state index in [-0.39, 0.29) is 5.54 Å². The molecule has 1 aromatic rings. The van der Waals surface area contributed by atoms with Gasteiger partial charge in [-0.15, -0.1) is 11.3 Å². The summed E-state index contributed by atoms with van der Waals surface area (Å²) < 4.78 is 1.12. The van der Waals surface area contributed by atoms with Crippen LogP contribution in [0.1, 0.15) is 25.1 Å². The standard InChI is InChI=1S/C13H18BrN3S/c1-8(2)13(10-5-6-11(14)18-10)7-9(3)17(4)12(15)16-13/h5-6,8H,3,7H2,1-2,4H3,(H2,15,16). The van der Waals surface area contributed by atoms with Crippen LogP contribution in [0.2, 0.25) is 0 Å². The van der Waals surface area contributed by atoms with E-state index in [2.05, 4.69) is 48.5 Å². The summed E-state index contributed by atoms with van der Waals surface area (Å²) in [6.07, 6.45) is 0.814. The molecule has 0 saturated heterocycles. The summed E-state index contributed by atoms with van der Waals surface area (Å²) in [5.74, 6) is 0.913. The first-order valence-electron chi connectivity index (χ1n) is 5.89. The normalized spacial score (nSPS) is 24.6. The molecule has 1 aromatic heterocycles. The Hall–Kier alpha value is -0.810. The van der Waals surface area contributed by atoms with Gasteiger partial charge in [-0.2, -0.15) is 0 Å². The maximum absolute atomic E-state index is 6.03. The number of hydrogen-bond donors (Lipinski definition) is 1. The van der Waals surface area contributed by atoms with Crippen molar-refractivity contribution >= 4 is 33.2 Å². The summed E-state index contributed by atoms with van der Waals surface area (Å²) in [5, 5.41) is 0. The lowest BCUT2D eigenvalue weighted by Crippen LogP contribution is -2.45. The summed E-state index contributed by atoms with van der Waals surface area (Å²) >= 11 is 5.24. The van der Waals surface area contributed by atoms with Gasteiger partial charge in [-0.1, -0.05) is 20.4 Å². The molecule has 0 amide bonds. The third-order valence-electron chi connectivity index (χ3n) is 3.56. The molecule has 0 saturated carbocycles. The zero-order valence-electron chi connectivity index (χ0n) is 10.9. The Labute approximate surface area is 121 Å². The van der Waals surface area contributed by atoms with Crippen molar-refractivity contribution in [2.45, 2.75) is 25.8 Å². The Kier molecular flexibility index (Phi) is 3.56. The Balaban J connectivity index is 2.56. The highest BCUT2D eigenvalue weighted by molar-refractivity contribution is 9.11. The summed E-state index contributed by atoms with van der Waals surface area (Å²) in [6, 6.07) is 4.20. The third-order valence-corrected chi connectivity index (χ3v) is 5.35. The van der Waals surface area contributed by atoms with Crippen LogP contribution in [0.4, 0.5) is 0 Å². The average Bonchev–Trinajstić information content (AvgIpc) is 2.72. The minimum Gasteiger partial charge on any atom is -0.370 e. The second-order valence-corrected chi connectivity index (χ2v) is 7.42. The molecule has 2 rings (SSSR count). The molecule has 0 aromatic carbocycles. The van der Waals surface area contributed by atoms with Crippen molar-refractivity contribution in [3.63, 3.8) is 0 Å². The number of aliphatic imine (C=N–C) groups is 1. The molecule has 1 aliphatic heterocycles. The first-order valence-corrected chi connectivity index (χ1v) is 7.50. The van der Waals surface area contributed by atoms with E-state index in [0.29, 0.717) is 11.9 Å². The molecule has 0 radical (unpaired) electrons. The van der Waals surface area contributed by atoms with Crippen LogP contribution < -0.4 is 5.73 Å².